The molecule has 4 nitrogen and oxygen atoms in total. The zero-order valence-corrected chi connectivity index (χ0v) is 9.63. The van der Waals surface area contributed by atoms with Gasteiger partial charge in [0.25, 0.3) is 0 Å². The summed E-state index contributed by atoms with van der Waals surface area (Å²) in [5.74, 6) is -1.64. The first-order valence-electron chi connectivity index (χ1n) is 4.38. The molecule has 0 aliphatic rings. The molecule has 0 fully saturated rings. The first kappa shape index (κ1) is 13.0. The number of carbonyl (C=O) groups excluding carboxylic acids is 1. The van der Waals surface area contributed by atoms with Crippen LogP contribution in [-0.4, -0.2) is 22.9 Å². The maximum atomic E-state index is 11.6. The number of carboxylic acid groups (broad SMARTS) is 1. The summed E-state index contributed by atoms with van der Waals surface area (Å²) in [6.07, 6.45) is -0.295. The summed E-state index contributed by atoms with van der Waals surface area (Å²) in [7, 11) is 0. The van der Waals surface area contributed by atoms with Gasteiger partial charge in [0.15, 0.2) is 5.78 Å². The molecule has 6 heteroatoms. The van der Waals surface area contributed by atoms with Crippen LogP contribution in [0.2, 0.25) is 10.0 Å². The van der Waals surface area contributed by atoms with Crippen LogP contribution in [0.4, 0.5) is 0 Å². The number of rotatable bonds is 4. The molecule has 0 unspecified atom stereocenters. The minimum atomic E-state index is -1.22. The molecular weight excluding hydrogens is 253 g/mol. The topological polar surface area (TPSA) is 80.4 Å². The number of carboxylic acids is 1. The van der Waals surface area contributed by atoms with Gasteiger partial charge in [-0.2, -0.15) is 0 Å². The van der Waals surface area contributed by atoms with Crippen molar-refractivity contribution < 1.29 is 14.7 Å². The van der Waals surface area contributed by atoms with E-state index in [1.54, 1.807) is 0 Å². The molecule has 1 atom stereocenters. The average Bonchev–Trinajstić information content (AvgIpc) is 2.16. The van der Waals surface area contributed by atoms with Gasteiger partial charge in [0.05, 0.1) is 5.02 Å². The van der Waals surface area contributed by atoms with E-state index in [4.69, 9.17) is 34.0 Å². The first-order chi connectivity index (χ1) is 7.41. The zero-order valence-electron chi connectivity index (χ0n) is 8.11. The molecule has 0 amide bonds. The summed E-state index contributed by atoms with van der Waals surface area (Å²) in [5.41, 5.74) is 5.47. The van der Waals surface area contributed by atoms with Gasteiger partial charge in [0, 0.05) is 17.0 Å². The number of ketones is 1. The quantitative estimate of drug-likeness (QED) is 0.813. The Morgan fingerprint density at radius 1 is 1.38 bits per heavy atom. The van der Waals surface area contributed by atoms with Crippen molar-refractivity contribution in [3.8, 4) is 0 Å². The highest BCUT2D eigenvalue weighted by Gasteiger charge is 2.19. The van der Waals surface area contributed by atoms with E-state index in [9.17, 15) is 9.59 Å². The Hall–Kier alpha value is -1.10. The molecular formula is C10H9Cl2NO3. The Bertz CT molecular complexity index is 434. The average molecular weight is 262 g/mol. The highest BCUT2D eigenvalue weighted by molar-refractivity contribution is 6.36. The molecule has 0 aliphatic heterocycles. The molecule has 3 N–H and O–H groups in total. The number of halogens is 2. The Balaban J connectivity index is 2.85. The van der Waals surface area contributed by atoms with Crippen molar-refractivity contribution >= 4 is 35.0 Å². The fourth-order valence-electron chi connectivity index (χ4n) is 1.11. The summed E-state index contributed by atoms with van der Waals surface area (Å²) in [6, 6.07) is 3.15. The number of benzene rings is 1. The minimum Gasteiger partial charge on any atom is -0.480 e. The van der Waals surface area contributed by atoms with E-state index in [1.807, 2.05) is 0 Å². The van der Waals surface area contributed by atoms with Crippen molar-refractivity contribution in [2.24, 2.45) is 5.73 Å². The van der Waals surface area contributed by atoms with Gasteiger partial charge in [0.2, 0.25) is 0 Å². The van der Waals surface area contributed by atoms with Crippen LogP contribution in [-0.2, 0) is 4.79 Å². The lowest BCUT2D eigenvalue weighted by atomic mass is 10.0. The summed E-state index contributed by atoms with van der Waals surface area (Å²) >= 11 is 11.5. The normalized spacial score (nSPS) is 12.2. The van der Waals surface area contributed by atoms with Crippen LogP contribution in [0.3, 0.4) is 0 Å². The van der Waals surface area contributed by atoms with Crippen molar-refractivity contribution in [1.29, 1.82) is 0 Å². The van der Waals surface area contributed by atoms with Gasteiger partial charge in [-0.1, -0.05) is 23.2 Å². The van der Waals surface area contributed by atoms with E-state index >= 15 is 0 Å². The third kappa shape index (κ3) is 3.20. The van der Waals surface area contributed by atoms with Crippen LogP contribution in [0, 0.1) is 0 Å². The number of aliphatic carboxylic acids is 1. The molecule has 1 aromatic carbocycles. The molecule has 0 bridgehead atoms. The molecule has 86 valence electrons. The molecule has 1 rings (SSSR count). The Morgan fingerprint density at radius 3 is 2.50 bits per heavy atom. The Labute approximate surface area is 102 Å². The minimum absolute atomic E-state index is 0.190. The smallest absolute Gasteiger partial charge is 0.320 e. The second-order valence-electron chi connectivity index (χ2n) is 3.20. The highest BCUT2D eigenvalue weighted by atomic mass is 35.5. The standard InChI is InChI=1S/C10H9Cl2NO3/c11-5-1-2-6(7(12)3-5)9(14)4-8(13)10(15)16/h1-3,8H,4,13H2,(H,15,16)/t8-/m1/s1. The number of nitrogens with two attached hydrogens (primary N) is 1. The van der Waals surface area contributed by atoms with Gasteiger partial charge in [-0.15, -0.1) is 0 Å². The molecule has 0 aliphatic carbocycles. The van der Waals surface area contributed by atoms with Crippen molar-refractivity contribution in [3.63, 3.8) is 0 Å². The third-order valence-electron chi connectivity index (χ3n) is 1.95. The maximum Gasteiger partial charge on any atom is 0.320 e. The van der Waals surface area contributed by atoms with E-state index in [2.05, 4.69) is 0 Å². The van der Waals surface area contributed by atoms with Gasteiger partial charge in [-0.25, -0.2) is 0 Å². The van der Waals surface area contributed by atoms with Crippen LogP contribution in [0.25, 0.3) is 0 Å². The highest BCUT2D eigenvalue weighted by Crippen LogP contribution is 2.22. The van der Waals surface area contributed by atoms with E-state index < -0.39 is 17.8 Å². The van der Waals surface area contributed by atoms with Crippen molar-refractivity contribution in [3.05, 3.63) is 33.8 Å². The predicted octanol–water partition coefficient (Wildman–Crippen LogP) is 1.98. The van der Waals surface area contributed by atoms with Gasteiger partial charge in [-0.3, -0.25) is 9.59 Å². The Morgan fingerprint density at radius 2 is 2.00 bits per heavy atom. The first-order valence-corrected chi connectivity index (χ1v) is 5.14. The van der Waals surface area contributed by atoms with Crippen LogP contribution in [0.15, 0.2) is 18.2 Å². The predicted molar refractivity (Wildman–Crippen MR) is 61.0 cm³/mol. The van der Waals surface area contributed by atoms with E-state index in [1.165, 1.54) is 18.2 Å². The van der Waals surface area contributed by atoms with Crippen molar-refractivity contribution in [2.75, 3.05) is 0 Å². The number of hydrogen-bond acceptors (Lipinski definition) is 3. The second-order valence-corrected chi connectivity index (χ2v) is 4.04. The van der Waals surface area contributed by atoms with Gasteiger partial charge in [-0.05, 0) is 18.2 Å². The largest absolute Gasteiger partial charge is 0.480 e. The molecule has 0 heterocycles. The van der Waals surface area contributed by atoms with Crippen molar-refractivity contribution in [1.82, 2.24) is 0 Å². The van der Waals surface area contributed by atoms with E-state index in [-0.39, 0.29) is 17.0 Å². The molecule has 0 aromatic heterocycles. The SMILES string of the molecule is N[C@H](CC(=O)c1ccc(Cl)cc1Cl)C(=O)O. The van der Waals surface area contributed by atoms with Crippen LogP contribution in [0.1, 0.15) is 16.8 Å². The fourth-order valence-corrected chi connectivity index (χ4v) is 1.63. The van der Waals surface area contributed by atoms with Crippen molar-refractivity contribution in [2.45, 2.75) is 12.5 Å². The van der Waals surface area contributed by atoms with Crippen LogP contribution in [0.5, 0.6) is 0 Å². The van der Waals surface area contributed by atoms with Crippen LogP contribution < -0.4 is 5.73 Å². The van der Waals surface area contributed by atoms with Gasteiger partial charge in [0.1, 0.15) is 6.04 Å². The fraction of sp³-hybridized carbons (Fsp3) is 0.200. The lowest BCUT2D eigenvalue weighted by Crippen LogP contribution is -2.32. The molecule has 0 spiro atoms. The maximum absolute atomic E-state index is 11.6. The zero-order chi connectivity index (χ0) is 12.3. The summed E-state index contributed by atoms with van der Waals surface area (Å²) < 4.78 is 0. The number of carbonyl (C=O) groups is 2. The summed E-state index contributed by atoms with van der Waals surface area (Å²) in [4.78, 5) is 22.1. The van der Waals surface area contributed by atoms with Gasteiger partial charge < -0.3 is 10.8 Å². The van der Waals surface area contributed by atoms with E-state index in [0.29, 0.717) is 5.02 Å². The molecule has 1 aromatic rings. The summed E-state index contributed by atoms with van der Waals surface area (Å²) in [6.45, 7) is 0. The summed E-state index contributed by atoms with van der Waals surface area (Å²) in [5, 5.41) is 9.16. The lowest BCUT2D eigenvalue weighted by molar-refractivity contribution is -0.138. The molecule has 16 heavy (non-hydrogen) atoms. The lowest BCUT2D eigenvalue weighted by Gasteiger charge is -2.07. The molecule has 0 saturated carbocycles. The third-order valence-corrected chi connectivity index (χ3v) is 2.50. The molecule has 0 saturated heterocycles. The second kappa shape index (κ2) is 5.30. The van der Waals surface area contributed by atoms with Crippen LogP contribution >= 0.6 is 23.2 Å². The Kier molecular flexibility index (Phi) is 4.29. The number of Topliss-reactive ketones (excluding diaryl/α,β-unsaturated/α-hetero) is 1. The number of hydrogen-bond donors (Lipinski definition) is 2. The van der Waals surface area contributed by atoms with E-state index in [0.717, 1.165) is 0 Å². The van der Waals surface area contributed by atoms with Gasteiger partial charge >= 0.3 is 5.97 Å². The monoisotopic (exact) mass is 261 g/mol. The molecule has 0 radical (unpaired) electrons.